The van der Waals surface area contributed by atoms with Crippen LogP contribution >= 0.6 is 0 Å². The predicted molar refractivity (Wildman–Crippen MR) is 84.4 cm³/mol. The van der Waals surface area contributed by atoms with Crippen LogP contribution in [-0.2, 0) is 17.9 Å². The van der Waals surface area contributed by atoms with Gasteiger partial charge >= 0.3 is 0 Å². The summed E-state index contributed by atoms with van der Waals surface area (Å²) in [4.78, 5) is 14.1. The molecule has 0 aromatic heterocycles. The highest BCUT2D eigenvalue weighted by Crippen LogP contribution is 2.12. The maximum absolute atomic E-state index is 11.8. The van der Waals surface area contributed by atoms with Gasteiger partial charge in [0.1, 0.15) is 0 Å². The Hall–Kier alpha value is -1.35. The summed E-state index contributed by atoms with van der Waals surface area (Å²) < 4.78 is 0. The number of carbonyl (C=O) groups is 1. The number of benzene rings is 1. The summed E-state index contributed by atoms with van der Waals surface area (Å²) in [6, 6.07) is 8.37. The molecule has 1 N–H and O–H groups in total. The molecule has 0 saturated carbocycles. The summed E-state index contributed by atoms with van der Waals surface area (Å²) >= 11 is 0. The molecule has 1 rings (SSSR count). The van der Waals surface area contributed by atoms with E-state index in [2.05, 4.69) is 56.1 Å². The molecule has 3 heteroatoms. The molecule has 1 aromatic rings. The lowest BCUT2D eigenvalue weighted by Crippen LogP contribution is -2.26. The fraction of sp³-hybridized carbons (Fsp3) is 0.588. The molecule has 0 aliphatic heterocycles. The smallest absolute Gasteiger partial charge is 0.220 e. The average Bonchev–Trinajstić information content (AvgIpc) is 2.42. The summed E-state index contributed by atoms with van der Waals surface area (Å²) in [7, 11) is 0. The van der Waals surface area contributed by atoms with Gasteiger partial charge in [-0.1, -0.05) is 52.0 Å². The first kappa shape index (κ1) is 16.7. The minimum atomic E-state index is 0.137. The van der Waals surface area contributed by atoms with Crippen molar-refractivity contribution >= 4 is 5.91 Å². The molecule has 0 unspecified atom stereocenters. The Labute approximate surface area is 123 Å². The number of nitrogens with one attached hydrogen (secondary N) is 1. The molecular weight excluding hydrogens is 248 g/mol. The van der Waals surface area contributed by atoms with Gasteiger partial charge in [-0.3, -0.25) is 9.69 Å². The molecule has 3 nitrogen and oxygen atoms in total. The van der Waals surface area contributed by atoms with Gasteiger partial charge in [0.05, 0.1) is 0 Å². The SMILES string of the molecule is CCN(CC)Cc1ccccc1CNC(=O)CC(C)C. The highest BCUT2D eigenvalue weighted by molar-refractivity contribution is 5.76. The molecule has 0 heterocycles. The normalized spacial score (nSPS) is 11.1. The summed E-state index contributed by atoms with van der Waals surface area (Å²) in [5.41, 5.74) is 2.53. The second kappa shape index (κ2) is 8.75. The van der Waals surface area contributed by atoms with Crippen LogP contribution in [0.5, 0.6) is 0 Å². The molecule has 0 bridgehead atoms. The Morgan fingerprint density at radius 2 is 1.75 bits per heavy atom. The molecule has 0 fully saturated rings. The maximum Gasteiger partial charge on any atom is 0.220 e. The van der Waals surface area contributed by atoms with Crippen molar-refractivity contribution in [1.82, 2.24) is 10.2 Å². The van der Waals surface area contributed by atoms with E-state index in [-0.39, 0.29) is 5.91 Å². The van der Waals surface area contributed by atoms with E-state index in [1.165, 1.54) is 11.1 Å². The van der Waals surface area contributed by atoms with Crippen molar-refractivity contribution in [3.05, 3.63) is 35.4 Å². The Morgan fingerprint density at radius 1 is 1.15 bits per heavy atom. The quantitative estimate of drug-likeness (QED) is 0.791. The standard InChI is InChI=1S/C17H28N2O/c1-5-19(6-2)13-16-10-8-7-9-15(16)12-18-17(20)11-14(3)4/h7-10,14H,5-6,11-13H2,1-4H3,(H,18,20). The van der Waals surface area contributed by atoms with Crippen molar-refractivity contribution in [3.63, 3.8) is 0 Å². The van der Waals surface area contributed by atoms with Crippen molar-refractivity contribution in [3.8, 4) is 0 Å². The van der Waals surface area contributed by atoms with Gasteiger partial charge in [-0.05, 0) is 30.1 Å². The number of carbonyl (C=O) groups excluding carboxylic acids is 1. The Morgan fingerprint density at radius 3 is 2.30 bits per heavy atom. The van der Waals surface area contributed by atoms with Crippen LogP contribution < -0.4 is 5.32 Å². The van der Waals surface area contributed by atoms with Gasteiger partial charge in [0.2, 0.25) is 5.91 Å². The monoisotopic (exact) mass is 276 g/mol. The third-order valence-electron chi connectivity index (χ3n) is 3.48. The summed E-state index contributed by atoms with van der Waals surface area (Å²) in [6.07, 6.45) is 0.595. The molecule has 0 radical (unpaired) electrons. The number of rotatable bonds is 8. The molecule has 0 spiro atoms. The van der Waals surface area contributed by atoms with E-state index in [1.54, 1.807) is 0 Å². The van der Waals surface area contributed by atoms with Crippen LogP contribution in [-0.4, -0.2) is 23.9 Å². The number of hydrogen-bond donors (Lipinski definition) is 1. The zero-order valence-electron chi connectivity index (χ0n) is 13.3. The summed E-state index contributed by atoms with van der Waals surface area (Å²) in [5, 5.41) is 3.02. The molecular formula is C17H28N2O. The summed E-state index contributed by atoms with van der Waals surface area (Å²) in [5.74, 6) is 0.540. The molecule has 1 aromatic carbocycles. The fourth-order valence-electron chi connectivity index (χ4n) is 2.21. The van der Waals surface area contributed by atoms with Crippen LogP contribution in [0.3, 0.4) is 0 Å². The van der Waals surface area contributed by atoms with Crippen molar-refractivity contribution < 1.29 is 4.79 Å². The van der Waals surface area contributed by atoms with Gasteiger partial charge in [0.25, 0.3) is 0 Å². The Balaban J connectivity index is 2.63. The first-order valence-corrected chi connectivity index (χ1v) is 7.62. The van der Waals surface area contributed by atoms with E-state index in [4.69, 9.17) is 0 Å². The topological polar surface area (TPSA) is 32.3 Å². The van der Waals surface area contributed by atoms with Crippen molar-refractivity contribution in [2.75, 3.05) is 13.1 Å². The maximum atomic E-state index is 11.8. The predicted octanol–water partition coefficient (Wildman–Crippen LogP) is 3.19. The lowest BCUT2D eigenvalue weighted by Gasteiger charge is -2.20. The Bertz CT molecular complexity index is 411. The van der Waals surface area contributed by atoms with Crippen LogP contribution in [0.4, 0.5) is 0 Å². The van der Waals surface area contributed by atoms with Gasteiger partial charge < -0.3 is 5.32 Å². The van der Waals surface area contributed by atoms with E-state index < -0.39 is 0 Å². The van der Waals surface area contributed by atoms with E-state index in [9.17, 15) is 4.79 Å². The Kier molecular flexibility index (Phi) is 7.31. The molecule has 0 aliphatic rings. The zero-order valence-corrected chi connectivity index (χ0v) is 13.3. The highest BCUT2D eigenvalue weighted by Gasteiger charge is 2.08. The van der Waals surface area contributed by atoms with Crippen LogP contribution in [0, 0.1) is 5.92 Å². The van der Waals surface area contributed by atoms with Crippen LogP contribution in [0.15, 0.2) is 24.3 Å². The lowest BCUT2D eigenvalue weighted by molar-refractivity contribution is -0.121. The minimum absolute atomic E-state index is 0.137. The first-order chi connectivity index (χ1) is 9.56. The molecule has 0 saturated heterocycles. The van der Waals surface area contributed by atoms with Gasteiger partial charge in [0.15, 0.2) is 0 Å². The van der Waals surface area contributed by atoms with E-state index >= 15 is 0 Å². The minimum Gasteiger partial charge on any atom is -0.352 e. The zero-order chi connectivity index (χ0) is 15.0. The second-order valence-electron chi connectivity index (χ2n) is 5.60. The van der Waals surface area contributed by atoms with Crippen LogP contribution in [0.2, 0.25) is 0 Å². The van der Waals surface area contributed by atoms with Gasteiger partial charge in [-0.2, -0.15) is 0 Å². The fourth-order valence-corrected chi connectivity index (χ4v) is 2.21. The number of hydrogen-bond acceptors (Lipinski definition) is 2. The van der Waals surface area contributed by atoms with Crippen molar-refractivity contribution in [2.45, 2.75) is 47.2 Å². The van der Waals surface area contributed by atoms with Crippen LogP contribution in [0.1, 0.15) is 45.2 Å². The van der Waals surface area contributed by atoms with Gasteiger partial charge in [0, 0.05) is 19.5 Å². The second-order valence-corrected chi connectivity index (χ2v) is 5.60. The van der Waals surface area contributed by atoms with E-state index in [0.29, 0.717) is 18.9 Å². The molecule has 0 atom stereocenters. The number of amides is 1. The molecule has 112 valence electrons. The highest BCUT2D eigenvalue weighted by atomic mass is 16.1. The number of nitrogens with zero attached hydrogens (tertiary/aromatic N) is 1. The lowest BCUT2D eigenvalue weighted by atomic mass is 10.1. The molecule has 0 aliphatic carbocycles. The third-order valence-corrected chi connectivity index (χ3v) is 3.48. The average molecular weight is 276 g/mol. The first-order valence-electron chi connectivity index (χ1n) is 7.62. The third kappa shape index (κ3) is 5.74. The summed E-state index contributed by atoms with van der Waals surface area (Å²) in [6.45, 7) is 12.1. The largest absolute Gasteiger partial charge is 0.352 e. The van der Waals surface area contributed by atoms with Crippen LogP contribution in [0.25, 0.3) is 0 Å². The molecule has 1 amide bonds. The van der Waals surface area contributed by atoms with Gasteiger partial charge in [-0.25, -0.2) is 0 Å². The van der Waals surface area contributed by atoms with Crippen molar-refractivity contribution in [2.24, 2.45) is 5.92 Å². The van der Waals surface area contributed by atoms with Gasteiger partial charge in [-0.15, -0.1) is 0 Å². The van der Waals surface area contributed by atoms with E-state index in [1.807, 2.05) is 6.07 Å². The molecule has 20 heavy (non-hydrogen) atoms. The van der Waals surface area contributed by atoms with E-state index in [0.717, 1.165) is 19.6 Å². The van der Waals surface area contributed by atoms with Crippen molar-refractivity contribution in [1.29, 1.82) is 0 Å².